The third-order valence-corrected chi connectivity index (χ3v) is 4.44. The van der Waals surface area contributed by atoms with Gasteiger partial charge in [0.05, 0.1) is 23.3 Å². The van der Waals surface area contributed by atoms with Gasteiger partial charge in [-0.1, -0.05) is 13.8 Å². The first-order chi connectivity index (χ1) is 13.6. The van der Waals surface area contributed by atoms with Crippen molar-refractivity contribution >= 4 is 16.8 Å². The summed E-state index contributed by atoms with van der Waals surface area (Å²) in [5, 5.41) is 0.869. The van der Waals surface area contributed by atoms with Crippen molar-refractivity contribution in [1.82, 2.24) is 14.9 Å². The Kier molecular flexibility index (Phi) is 5.86. The predicted molar refractivity (Wildman–Crippen MR) is 105 cm³/mol. The van der Waals surface area contributed by atoms with Gasteiger partial charge in [0.25, 0.3) is 5.91 Å². The topological polar surface area (TPSA) is 46.1 Å². The lowest BCUT2D eigenvalue weighted by Gasteiger charge is -2.24. The average molecular weight is 401 g/mol. The van der Waals surface area contributed by atoms with Crippen LogP contribution in [-0.2, 0) is 12.7 Å². The SMILES string of the molecule is Cc1cnc2ccc(C(=O)N(Cc3ccc(C(F)(F)F)cn3)CC(C)C)cc2c1. The van der Waals surface area contributed by atoms with Gasteiger partial charge in [-0.2, -0.15) is 13.2 Å². The molecular weight excluding hydrogens is 379 g/mol. The van der Waals surface area contributed by atoms with Gasteiger partial charge in [0.15, 0.2) is 0 Å². The summed E-state index contributed by atoms with van der Waals surface area (Å²) in [5.41, 5.74) is 1.91. The minimum Gasteiger partial charge on any atom is -0.332 e. The number of hydrogen-bond donors (Lipinski definition) is 0. The normalized spacial score (nSPS) is 11.8. The molecule has 0 radical (unpaired) electrons. The second-order valence-electron chi connectivity index (χ2n) is 7.54. The number of amides is 1. The Morgan fingerprint density at radius 1 is 1.07 bits per heavy atom. The number of carbonyl (C=O) groups excluding carboxylic acids is 1. The second-order valence-corrected chi connectivity index (χ2v) is 7.54. The molecule has 0 unspecified atom stereocenters. The molecule has 1 aromatic carbocycles. The minimum absolute atomic E-state index is 0.138. The van der Waals surface area contributed by atoms with Crippen molar-refractivity contribution in [3.63, 3.8) is 0 Å². The van der Waals surface area contributed by atoms with Gasteiger partial charge in [-0.3, -0.25) is 14.8 Å². The number of carbonyl (C=O) groups is 1. The lowest BCUT2D eigenvalue weighted by Crippen LogP contribution is -2.34. The Hall–Kier alpha value is -2.96. The molecule has 0 aliphatic carbocycles. The number of hydrogen-bond acceptors (Lipinski definition) is 3. The van der Waals surface area contributed by atoms with E-state index in [1.54, 1.807) is 29.3 Å². The molecule has 152 valence electrons. The van der Waals surface area contributed by atoms with Gasteiger partial charge in [0.1, 0.15) is 0 Å². The van der Waals surface area contributed by atoms with Crippen molar-refractivity contribution in [2.75, 3.05) is 6.54 Å². The molecule has 7 heteroatoms. The van der Waals surface area contributed by atoms with Gasteiger partial charge >= 0.3 is 6.18 Å². The molecule has 0 spiro atoms. The first-order valence-corrected chi connectivity index (χ1v) is 9.31. The van der Waals surface area contributed by atoms with E-state index in [0.717, 1.165) is 28.7 Å². The van der Waals surface area contributed by atoms with Crippen molar-refractivity contribution in [1.29, 1.82) is 0 Å². The Morgan fingerprint density at radius 2 is 1.83 bits per heavy atom. The van der Waals surface area contributed by atoms with Gasteiger partial charge in [0.2, 0.25) is 0 Å². The number of pyridine rings is 2. The summed E-state index contributed by atoms with van der Waals surface area (Å²) in [6, 6.07) is 9.59. The molecule has 0 N–H and O–H groups in total. The van der Waals surface area contributed by atoms with Gasteiger partial charge < -0.3 is 4.90 Å². The van der Waals surface area contributed by atoms with Crippen LogP contribution in [0.15, 0.2) is 48.8 Å². The van der Waals surface area contributed by atoms with E-state index in [4.69, 9.17) is 0 Å². The van der Waals surface area contributed by atoms with Crippen LogP contribution in [0.5, 0.6) is 0 Å². The van der Waals surface area contributed by atoms with E-state index >= 15 is 0 Å². The molecule has 4 nitrogen and oxygen atoms in total. The number of aromatic nitrogens is 2. The zero-order chi connectivity index (χ0) is 21.2. The summed E-state index contributed by atoms with van der Waals surface area (Å²) in [6.07, 6.45) is -1.86. The Balaban J connectivity index is 1.87. The van der Waals surface area contributed by atoms with Crippen LogP contribution >= 0.6 is 0 Å². The third-order valence-electron chi connectivity index (χ3n) is 4.44. The summed E-state index contributed by atoms with van der Waals surface area (Å²) in [5.74, 6) is 0.00145. The quantitative estimate of drug-likeness (QED) is 0.586. The molecule has 2 heterocycles. The first-order valence-electron chi connectivity index (χ1n) is 9.31. The molecule has 0 fully saturated rings. The maximum atomic E-state index is 13.1. The highest BCUT2D eigenvalue weighted by Crippen LogP contribution is 2.28. The van der Waals surface area contributed by atoms with Crippen LogP contribution in [0.3, 0.4) is 0 Å². The Bertz CT molecular complexity index is 1010. The standard InChI is InChI=1S/C22H22F3N3O/c1-14(2)12-28(13-19-6-5-18(11-26-19)22(23,24)25)21(29)16-4-7-20-17(9-16)8-15(3)10-27-20/h4-11,14H,12-13H2,1-3H3. The number of benzene rings is 1. The number of halogens is 3. The molecule has 0 aliphatic rings. The number of aryl methyl sites for hydroxylation is 1. The molecule has 0 saturated carbocycles. The van der Waals surface area contributed by atoms with Crippen LogP contribution in [0, 0.1) is 12.8 Å². The minimum atomic E-state index is -4.43. The van der Waals surface area contributed by atoms with Crippen molar-refractivity contribution in [3.8, 4) is 0 Å². The van der Waals surface area contributed by atoms with Gasteiger partial charge in [-0.25, -0.2) is 0 Å². The highest BCUT2D eigenvalue weighted by Gasteiger charge is 2.30. The highest BCUT2D eigenvalue weighted by molar-refractivity contribution is 5.98. The molecule has 0 saturated heterocycles. The van der Waals surface area contributed by atoms with Crippen molar-refractivity contribution in [3.05, 3.63) is 71.2 Å². The van der Waals surface area contributed by atoms with E-state index in [-0.39, 0.29) is 18.4 Å². The van der Waals surface area contributed by atoms with E-state index in [1.807, 2.05) is 26.8 Å². The van der Waals surface area contributed by atoms with E-state index < -0.39 is 11.7 Å². The summed E-state index contributed by atoms with van der Waals surface area (Å²) in [4.78, 5) is 23.0. The number of alkyl halides is 3. The maximum Gasteiger partial charge on any atom is 0.417 e. The van der Waals surface area contributed by atoms with Crippen LogP contribution in [0.2, 0.25) is 0 Å². The summed E-state index contributed by atoms with van der Waals surface area (Å²) < 4.78 is 38.3. The molecule has 1 amide bonds. The number of fused-ring (bicyclic) bond motifs is 1. The molecule has 0 atom stereocenters. The molecule has 3 rings (SSSR count). The van der Waals surface area contributed by atoms with Gasteiger partial charge in [0, 0.05) is 29.9 Å². The smallest absolute Gasteiger partial charge is 0.332 e. The monoisotopic (exact) mass is 401 g/mol. The zero-order valence-corrected chi connectivity index (χ0v) is 16.5. The Morgan fingerprint density at radius 3 is 2.45 bits per heavy atom. The van der Waals surface area contributed by atoms with E-state index in [2.05, 4.69) is 9.97 Å². The summed E-state index contributed by atoms with van der Waals surface area (Å²) >= 11 is 0. The van der Waals surface area contributed by atoms with Crippen LogP contribution < -0.4 is 0 Å². The van der Waals surface area contributed by atoms with Crippen LogP contribution in [0.1, 0.15) is 41.0 Å². The van der Waals surface area contributed by atoms with Crippen molar-refractivity contribution in [2.24, 2.45) is 5.92 Å². The van der Waals surface area contributed by atoms with Crippen LogP contribution in [-0.4, -0.2) is 27.3 Å². The second kappa shape index (κ2) is 8.19. The van der Waals surface area contributed by atoms with Crippen molar-refractivity contribution < 1.29 is 18.0 Å². The zero-order valence-electron chi connectivity index (χ0n) is 16.5. The summed E-state index contributed by atoms with van der Waals surface area (Å²) in [7, 11) is 0. The molecule has 29 heavy (non-hydrogen) atoms. The lowest BCUT2D eigenvalue weighted by atomic mass is 10.1. The first kappa shape index (κ1) is 20.8. The average Bonchev–Trinajstić information content (AvgIpc) is 2.65. The molecule has 3 aromatic rings. The molecular formula is C22H22F3N3O. The van der Waals surface area contributed by atoms with Crippen molar-refractivity contribution in [2.45, 2.75) is 33.5 Å². The predicted octanol–water partition coefficient (Wildman–Crippen LogP) is 5.26. The molecule has 0 bridgehead atoms. The van der Waals surface area contributed by atoms with Gasteiger partial charge in [-0.05, 0) is 54.8 Å². The molecule has 0 aliphatic heterocycles. The fourth-order valence-corrected chi connectivity index (χ4v) is 3.10. The van der Waals surface area contributed by atoms with E-state index in [1.165, 1.54) is 6.07 Å². The Labute approximate surface area is 167 Å². The van der Waals surface area contributed by atoms with Crippen LogP contribution in [0.4, 0.5) is 13.2 Å². The molecule has 2 aromatic heterocycles. The fourth-order valence-electron chi connectivity index (χ4n) is 3.10. The number of nitrogens with zero attached hydrogens (tertiary/aromatic N) is 3. The largest absolute Gasteiger partial charge is 0.417 e. The van der Waals surface area contributed by atoms with Crippen LogP contribution in [0.25, 0.3) is 10.9 Å². The highest BCUT2D eigenvalue weighted by atomic mass is 19.4. The third kappa shape index (κ3) is 5.10. The van der Waals surface area contributed by atoms with E-state index in [0.29, 0.717) is 17.8 Å². The lowest BCUT2D eigenvalue weighted by molar-refractivity contribution is -0.137. The van der Waals surface area contributed by atoms with Gasteiger partial charge in [-0.15, -0.1) is 0 Å². The maximum absolute atomic E-state index is 13.1. The van der Waals surface area contributed by atoms with E-state index in [9.17, 15) is 18.0 Å². The summed E-state index contributed by atoms with van der Waals surface area (Å²) in [6.45, 7) is 6.50. The fraction of sp³-hybridized carbons (Fsp3) is 0.318. The number of rotatable bonds is 5.